The van der Waals surface area contributed by atoms with Crippen molar-refractivity contribution in [3.05, 3.63) is 42.9 Å². The molecule has 0 saturated heterocycles. The largest absolute Gasteiger partial charge is 0.285 e. The van der Waals surface area contributed by atoms with E-state index < -0.39 is 14.9 Å². The van der Waals surface area contributed by atoms with Crippen LogP contribution in [0.4, 0.5) is 11.4 Å². The number of aryl methyl sites for hydroxylation is 1. The number of thiazole rings is 1. The van der Waals surface area contributed by atoms with Crippen LogP contribution in [0.15, 0.2) is 26.9 Å². The number of benzene rings is 1. The molecule has 0 aliphatic rings. The molecule has 21 heavy (non-hydrogen) atoms. The van der Waals surface area contributed by atoms with Crippen molar-refractivity contribution >= 4 is 60.3 Å². The molecule has 0 unspecified atom stereocenters. The number of nitro groups is 1. The van der Waals surface area contributed by atoms with Crippen molar-refractivity contribution in [2.45, 2.75) is 11.1 Å². The van der Waals surface area contributed by atoms with Crippen LogP contribution in [-0.2, 0) is 10.0 Å². The average Bonchev–Trinajstić information content (AvgIpc) is 2.71. The Labute approximate surface area is 137 Å². The summed E-state index contributed by atoms with van der Waals surface area (Å²) in [7, 11) is -3.89. The van der Waals surface area contributed by atoms with Crippen LogP contribution in [0.3, 0.4) is 0 Å². The van der Waals surface area contributed by atoms with E-state index in [1.807, 2.05) is 0 Å². The second kappa shape index (κ2) is 5.87. The highest BCUT2D eigenvalue weighted by Crippen LogP contribution is 2.31. The van der Waals surface area contributed by atoms with Gasteiger partial charge < -0.3 is 0 Å². The number of hydrogen-bond acceptors (Lipinski definition) is 6. The van der Waals surface area contributed by atoms with Gasteiger partial charge in [0.2, 0.25) is 0 Å². The van der Waals surface area contributed by atoms with E-state index in [1.54, 1.807) is 0 Å². The highest BCUT2D eigenvalue weighted by Gasteiger charge is 2.23. The van der Waals surface area contributed by atoms with Crippen molar-refractivity contribution in [2.75, 3.05) is 4.72 Å². The molecule has 2 aromatic rings. The molecule has 0 spiro atoms. The zero-order valence-corrected chi connectivity index (χ0v) is 14.3. The standard InChI is InChI=1S/C10H7BrClN3O4S2/c1-5-9(20-10(12)13-5)21(18,19)14-6-2-3-7(11)8(4-6)15(16)17/h2-4,14H,1H3. The summed E-state index contributed by atoms with van der Waals surface area (Å²) in [4.78, 5) is 14.1. The van der Waals surface area contributed by atoms with Crippen molar-refractivity contribution in [2.24, 2.45) is 0 Å². The Balaban J connectivity index is 2.40. The topological polar surface area (TPSA) is 102 Å². The molecule has 0 atom stereocenters. The molecule has 2 rings (SSSR count). The monoisotopic (exact) mass is 411 g/mol. The lowest BCUT2D eigenvalue weighted by atomic mass is 10.3. The fraction of sp³-hybridized carbons (Fsp3) is 0.100. The molecule has 1 heterocycles. The fourth-order valence-electron chi connectivity index (χ4n) is 1.52. The highest BCUT2D eigenvalue weighted by molar-refractivity contribution is 9.10. The molecule has 0 amide bonds. The van der Waals surface area contributed by atoms with Gasteiger partial charge in [-0.15, -0.1) is 0 Å². The summed E-state index contributed by atoms with van der Waals surface area (Å²) < 4.78 is 27.0. The molecule has 0 saturated carbocycles. The van der Waals surface area contributed by atoms with Gasteiger partial charge in [0.05, 0.1) is 20.8 Å². The van der Waals surface area contributed by atoms with E-state index in [0.717, 1.165) is 17.4 Å². The number of anilines is 1. The quantitative estimate of drug-likeness (QED) is 0.611. The molecule has 0 fully saturated rings. The molecule has 0 aliphatic carbocycles. The van der Waals surface area contributed by atoms with Crippen LogP contribution in [0, 0.1) is 17.0 Å². The number of halogens is 2. The molecule has 0 radical (unpaired) electrons. The number of sulfonamides is 1. The second-order valence-electron chi connectivity index (χ2n) is 3.87. The molecule has 1 aromatic heterocycles. The van der Waals surface area contributed by atoms with E-state index in [4.69, 9.17) is 11.6 Å². The Morgan fingerprint density at radius 3 is 2.67 bits per heavy atom. The van der Waals surface area contributed by atoms with Gasteiger partial charge in [0.25, 0.3) is 15.7 Å². The zero-order valence-electron chi connectivity index (χ0n) is 10.3. The third kappa shape index (κ3) is 3.51. The Bertz CT molecular complexity index is 822. The van der Waals surface area contributed by atoms with Crippen LogP contribution in [0.25, 0.3) is 0 Å². The lowest BCUT2D eigenvalue weighted by Gasteiger charge is -2.07. The average molecular weight is 413 g/mol. The van der Waals surface area contributed by atoms with Gasteiger partial charge in [-0.25, -0.2) is 13.4 Å². The predicted octanol–water partition coefficient (Wildman–Crippen LogP) is 3.58. The Morgan fingerprint density at radius 1 is 1.48 bits per heavy atom. The van der Waals surface area contributed by atoms with Crippen LogP contribution >= 0.6 is 38.9 Å². The molecule has 1 aromatic carbocycles. The van der Waals surface area contributed by atoms with Gasteiger partial charge in [-0.3, -0.25) is 14.8 Å². The molecule has 11 heteroatoms. The first-order valence-electron chi connectivity index (χ1n) is 5.30. The van der Waals surface area contributed by atoms with Gasteiger partial charge in [-0.05, 0) is 35.0 Å². The molecule has 1 N–H and O–H groups in total. The Morgan fingerprint density at radius 2 is 2.14 bits per heavy atom. The number of rotatable bonds is 4. The van der Waals surface area contributed by atoms with Gasteiger partial charge in [-0.1, -0.05) is 22.9 Å². The van der Waals surface area contributed by atoms with Gasteiger partial charge in [0.1, 0.15) is 0 Å². The van der Waals surface area contributed by atoms with Crippen molar-refractivity contribution in [1.29, 1.82) is 0 Å². The van der Waals surface area contributed by atoms with E-state index in [1.165, 1.54) is 19.1 Å². The van der Waals surface area contributed by atoms with Crippen molar-refractivity contribution < 1.29 is 13.3 Å². The second-order valence-corrected chi connectivity index (χ2v) is 8.18. The summed E-state index contributed by atoms with van der Waals surface area (Å²) in [5.41, 5.74) is 0.104. The maximum absolute atomic E-state index is 12.2. The van der Waals surface area contributed by atoms with Gasteiger partial charge >= 0.3 is 0 Å². The van der Waals surface area contributed by atoms with Gasteiger partial charge in [-0.2, -0.15) is 0 Å². The molecular formula is C10H7BrClN3O4S2. The summed E-state index contributed by atoms with van der Waals surface area (Å²) in [6, 6.07) is 3.93. The van der Waals surface area contributed by atoms with Gasteiger partial charge in [0.15, 0.2) is 8.68 Å². The summed E-state index contributed by atoms with van der Waals surface area (Å²) in [5.74, 6) is 0. The summed E-state index contributed by atoms with van der Waals surface area (Å²) in [5, 5.41) is 10.8. The molecule has 0 bridgehead atoms. The van der Waals surface area contributed by atoms with E-state index in [2.05, 4.69) is 25.6 Å². The normalized spacial score (nSPS) is 11.4. The van der Waals surface area contributed by atoms with E-state index in [9.17, 15) is 18.5 Å². The zero-order chi connectivity index (χ0) is 15.8. The maximum Gasteiger partial charge on any atom is 0.285 e. The van der Waals surface area contributed by atoms with E-state index >= 15 is 0 Å². The van der Waals surface area contributed by atoms with Crippen LogP contribution < -0.4 is 4.72 Å². The van der Waals surface area contributed by atoms with Gasteiger partial charge in [0, 0.05) is 6.07 Å². The minimum absolute atomic E-state index is 0.0296. The van der Waals surface area contributed by atoms with Crippen LogP contribution in [0.5, 0.6) is 0 Å². The van der Waals surface area contributed by atoms with Crippen molar-refractivity contribution in [1.82, 2.24) is 4.98 Å². The third-order valence-electron chi connectivity index (χ3n) is 2.37. The summed E-state index contributed by atoms with van der Waals surface area (Å²) in [6.45, 7) is 1.51. The maximum atomic E-state index is 12.2. The van der Waals surface area contributed by atoms with Crippen LogP contribution in [0.2, 0.25) is 4.47 Å². The minimum Gasteiger partial charge on any atom is -0.279 e. The first kappa shape index (κ1) is 16.1. The molecular weight excluding hydrogens is 406 g/mol. The summed E-state index contributed by atoms with van der Waals surface area (Å²) >= 11 is 9.52. The predicted molar refractivity (Wildman–Crippen MR) is 83.5 cm³/mol. The molecule has 0 aliphatic heterocycles. The molecule has 112 valence electrons. The number of nitrogens with zero attached hydrogens (tertiary/aromatic N) is 2. The fourth-order valence-corrected chi connectivity index (χ4v) is 4.70. The first-order chi connectivity index (χ1) is 9.70. The Hall–Kier alpha value is -1.23. The number of nitro benzene ring substituents is 1. The first-order valence-corrected chi connectivity index (χ1v) is 8.77. The third-order valence-corrected chi connectivity index (χ3v) is 6.29. The SMILES string of the molecule is Cc1nc(Cl)sc1S(=O)(=O)Nc1ccc(Br)c([N+](=O)[O-])c1. The van der Waals surface area contributed by atoms with E-state index in [0.29, 0.717) is 0 Å². The van der Waals surface area contributed by atoms with Crippen LogP contribution in [0.1, 0.15) is 5.69 Å². The molecule has 7 nitrogen and oxygen atoms in total. The minimum atomic E-state index is -3.89. The smallest absolute Gasteiger partial charge is 0.279 e. The Kier molecular flexibility index (Phi) is 4.51. The lowest BCUT2D eigenvalue weighted by Crippen LogP contribution is -2.12. The van der Waals surface area contributed by atoms with Crippen LogP contribution in [-0.4, -0.2) is 18.3 Å². The lowest BCUT2D eigenvalue weighted by molar-refractivity contribution is -0.385. The van der Waals surface area contributed by atoms with E-state index in [-0.39, 0.29) is 30.2 Å². The number of nitrogens with one attached hydrogen (secondary N) is 1. The van der Waals surface area contributed by atoms with Crippen molar-refractivity contribution in [3.8, 4) is 0 Å². The van der Waals surface area contributed by atoms with Crippen molar-refractivity contribution in [3.63, 3.8) is 0 Å². The number of hydrogen-bond donors (Lipinski definition) is 1. The summed E-state index contributed by atoms with van der Waals surface area (Å²) in [6.07, 6.45) is 0. The highest BCUT2D eigenvalue weighted by atomic mass is 79.9. The number of aromatic nitrogens is 1.